The molecule has 1 N–H and O–H groups in total. The van der Waals surface area contributed by atoms with Gasteiger partial charge in [0.1, 0.15) is 11.3 Å². The molecule has 0 aliphatic heterocycles. The maximum Gasteiger partial charge on any atom is 0.342 e. The highest BCUT2D eigenvalue weighted by Gasteiger charge is 2.17. The van der Waals surface area contributed by atoms with Gasteiger partial charge in [-0.3, -0.25) is 0 Å². The molecule has 0 saturated carbocycles. The van der Waals surface area contributed by atoms with Crippen LogP contribution in [0.5, 0.6) is 17.2 Å². The lowest BCUT2D eigenvalue weighted by atomic mass is 10.2. The van der Waals surface area contributed by atoms with Crippen molar-refractivity contribution in [2.45, 2.75) is 6.92 Å². The SMILES string of the molecule is CCOC(=O)c1cccc(O)c1Oc1ccccc1. The molecule has 4 nitrogen and oxygen atoms in total. The van der Waals surface area contributed by atoms with Crippen LogP contribution in [-0.4, -0.2) is 17.7 Å². The number of esters is 1. The minimum atomic E-state index is -0.524. The van der Waals surface area contributed by atoms with Crippen molar-refractivity contribution in [2.24, 2.45) is 0 Å². The fourth-order valence-corrected chi connectivity index (χ4v) is 1.61. The molecule has 0 fully saturated rings. The van der Waals surface area contributed by atoms with E-state index in [2.05, 4.69) is 0 Å². The molecule has 0 unspecified atom stereocenters. The minimum Gasteiger partial charge on any atom is -0.504 e. The van der Waals surface area contributed by atoms with E-state index in [1.165, 1.54) is 6.07 Å². The predicted octanol–water partition coefficient (Wildman–Crippen LogP) is 3.36. The van der Waals surface area contributed by atoms with Gasteiger partial charge in [0.2, 0.25) is 0 Å². The molecule has 2 aromatic carbocycles. The Hall–Kier alpha value is -2.49. The van der Waals surface area contributed by atoms with Gasteiger partial charge in [0, 0.05) is 0 Å². The van der Waals surface area contributed by atoms with Gasteiger partial charge >= 0.3 is 5.97 Å². The molecule has 0 atom stereocenters. The summed E-state index contributed by atoms with van der Waals surface area (Å²) in [4.78, 5) is 11.8. The molecule has 19 heavy (non-hydrogen) atoms. The summed E-state index contributed by atoms with van der Waals surface area (Å²) in [6.45, 7) is 1.98. The van der Waals surface area contributed by atoms with E-state index in [9.17, 15) is 9.90 Å². The van der Waals surface area contributed by atoms with Crippen molar-refractivity contribution < 1.29 is 19.4 Å². The maximum absolute atomic E-state index is 11.8. The zero-order valence-corrected chi connectivity index (χ0v) is 10.5. The van der Waals surface area contributed by atoms with Crippen molar-refractivity contribution in [1.29, 1.82) is 0 Å². The normalized spacial score (nSPS) is 9.95. The van der Waals surface area contributed by atoms with Crippen LogP contribution < -0.4 is 4.74 Å². The summed E-state index contributed by atoms with van der Waals surface area (Å²) in [6.07, 6.45) is 0. The van der Waals surface area contributed by atoms with Crippen LogP contribution in [0.15, 0.2) is 48.5 Å². The van der Waals surface area contributed by atoms with Crippen LogP contribution in [-0.2, 0) is 4.74 Å². The summed E-state index contributed by atoms with van der Waals surface area (Å²) in [6, 6.07) is 13.5. The first kappa shape index (κ1) is 13.0. The standard InChI is InChI=1S/C15H14O4/c1-2-18-15(17)12-9-6-10-13(16)14(12)19-11-7-4-3-5-8-11/h3-10,16H,2H2,1H3. The third-order valence-electron chi connectivity index (χ3n) is 2.45. The minimum absolute atomic E-state index is 0.102. The number of para-hydroxylation sites is 2. The van der Waals surface area contributed by atoms with Crippen molar-refractivity contribution in [3.63, 3.8) is 0 Å². The molecule has 98 valence electrons. The number of ether oxygens (including phenoxy) is 2. The second-order valence-electron chi connectivity index (χ2n) is 3.79. The number of carbonyl (C=O) groups excluding carboxylic acids is 1. The van der Waals surface area contributed by atoms with Crippen molar-refractivity contribution in [3.8, 4) is 17.2 Å². The van der Waals surface area contributed by atoms with Crippen molar-refractivity contribution in [2.75, 3.05) is 6.61 Å². The fourth-order valence-electron chi connectivity index (χ4n) is 1.61. The molecular formula is C15H14O4. The lowest BCUT2D eigenvalue weighted by Gasteiger charge is -2.11. The van der Waals surface area contributed by atoms with Gasteiger partial charge in [0.15, 0.2) is 11.5 Å². The van der Waals surface area contributed by atoms with Crippen LogP contribution in [0.4, 0.5) is 0 Å². The second kappa shape index (κ2) is 5.91. The molecule has 0 radical (unpaired) electrons. The highest BCUT2D eigenvalue weighted by molar-refractivity contribution is 5.93. The van der Waals surface area contributed by atoms with E-state index in [1.807, 2.05) is 6.07 Å². The molecule has 2 aromatic rings. The van der Waals surface area contributed by atoms with Gasteiger partial charge in [-0.2, -0.15) is 0 Å². The zero-order chi connectivity index (χ0) is 13.7. The Bertz CT molecular complexity index is 564. The molecular weight excluding hydrogens is 244 g/mol. The molecule has 0 amide bonds. The number of phenolic OH excluding ortho intramolecular Hbond substituents is 1. The molecule has 0 aliphatic rings. The lowest BCUT2D eigenvalue weighted by Crippen LogP contribution is -2.06. The van der Waals surface area contributed by atoms with E-state index in [-0.39, 0.29) is 23.7 Å². The van der Waals surface area contributed by atoms with Crippen LogP contribution in [0, 0.1) is 0 Å². The van der Waals surface area contributed by atoms with Gasteiger partial charge in [0.05, 0.1) is 6.61 Å². The first-order valence-corrected chi connectivity index (χ1v) is 5.94. The highest BCUT2D eigenvalue weighted by atomic mass is 16.5. The van der Waals surface area contributed by atoms with E-state index in [1.54, 1.807) is 43.3 Å². The third-order valence-corrected chi connectivity index (χ3v) is 2.45. The molecule has 4 heteroatoms. The Balaban J connectivity index is 2.36. The first-order valence-electron chi connectivity index (χ1n) is 5.94. The topological polar surface area (TPSA) is 55.8 Å². The Morgan fingerprint density at radius 1 is 1.11 bits per heavy atom. The van der Waals surface area contributed by atoms with Gasteiger partial charge in [-0.05, 0) is 31.2 Å². The number of carbonyl (C=O) groups is 1. The molecule has 2 rings (SSSR count). The van der Waals surface area contributed by atoms with Crippen molar-refractivity contribution in [1.82, 2.24) is 0 Å². The predicted molar refractivity (Wildman–Crippen MR) is 70.6 cm³/mol. The average Bonchev–Trinajstić information content (AvgIpc) is 2.42. The van der Waals surface area contributed by atoms with Gasteiger partial charge in [-0.25, -0.2) is 4.79 Å². The lowest BCUT2D eigenvalue weighted by molar-refractivity contribution is 0.0523. The van der Waals surface area contributed by atoms with E-state index in [0.29, 0.717) is 5.75 Å². The summed E-state index contributed by atoms with van der Waals surface area (Å²) in [5, 5.41) is 9.84. The van der Waals surface area contributed by atoms with Crippen LogP contribution >= 0.6 is 0 Å². The molecule has 0 aromatic heterocycles. The number of hydrogen-bond acceptors (Lipinski definition) is 4. The van der Waals surface area contributed by atoms with Crippen molar-refractivity contribution >= 4 is 5.97 Å². The number of phenols is 1. The van der Waals surface area contributed by atoms with E-state index in [0.717, 1.165) is 0 Å². The van der Waals surface area contributed by atoms with Crippen molar-refractivity contribution in [3.05, 3.63) is 54.1 Å². The fraction of sp³-hybridized carbons (Fsp3) is 0.133. The molecule has 0 saturated heterocycles. The summed E-state index contributed by atoms with van der Waals surface area (Å²) in [7, 11) is 0. The van der Waals surface area contributed by atoms with Gasteiger partial charge in [-0.15, -0.1) is 0 Å². The van der Waals surface area contributed by atoms with Gasteiger partial charge in [-0.1, -0.05) is 24.3 Å². The Morgan fingerprint density at radius 3 is 2.53 bits per heavy atom. The zero-order valence-electron chi connectivity index (χ0n) is 10.5. The van der Waals surface area contributed by atoms with E-state index >= 15 is 0 Å². The summed E-state index contributed by atoms with van der Waals surface area (Å²) in [5.41, 5.74) is 0.200. The summed E-state index contributed by atoms with van der Waals surface area (Å²) < 4.78 is 10.5. The Labute approximate surface area is 111 Å². The van der Waals surface area contributed by atoms with Crippen LogP contribution in [0.2, 0.25) is 0 Å². The Kier molecular flexibility index (Phi) is 4.03. The quantitative estimate of drug-likeness (QED) is 0.854. The largest absolute Gasteiger partial charge is 0.504 e. The summed E-state index contributed by atoms with van der Waals surface area (Å²) in [5.74, 6) is 0.0143. The van der Waals surface area contributed by atoms with E-state index < -0.39 is 5.97 Å². The van der Waals surface area contributed by atoms with Crippen LogP contribution in [0.25, 0.3) is 0 Å². The number of hydrogen-bond donors (Lipinski definition) is 1. The first-order chi connectivity index (χ1) is 9.22. The van der Waals surface area contributed by atoms with E-state index in [4.69, 9.17) is 9.47 Å². The summed E-state index contributed by atoms with van der Waals surface area (Å²) >= 11 is 0. The van der Waals surface area contributed by atoms with Gasteiger partial charge in [0.25, 0.3) is 0 Å². The third kappa shape index (κ3) is 3.04. The number of benzene rings is 2. The number of rotatable bonds is 4. The Morgan fingerprint density at radius 2 is 1.84 bits per heavy atom. The average molecular weight is 258 g/mol. The molecule has 0 spiro atoms. The van der Waals surface area contributed by atoms with Gasteiger partial charge < -0.3 is 14.6 Å². The van der Waals surface area contributed by atoms with Crippen LogP contribution in [0.3, 0.4) is 0 Å². The molecule has 0 heterocycles. The monoisotopic (exact) mass is 258 g/mol. The molecule has 0 bridgehead atoms. The number of aromatic hydroxyl groups is 1. The molecule has 0 aliphatic carbocycles. The maximum atomic E-state index is 11.8. The smallest absolute Gasteiger partial charge is 0.342 e. The van der Waals surface area contributed by atoms with Crippen LogP contribution in [0.1, 0.15) is 17.3 Å². The highest BCUT2D eigenvalue weighted by Crippen LogP contribution is 2.34. The second-order valence-corrected chi connectivity index (χ2v) is 3.79.